The maximum absolute atomic E-state index is 5.54. The van der Waals surface area contributed by atoms with Crippen molar-refractivity contribution in [1.29, 1.82) is 0 Å². The summed E-state index contributed by atoms with van der Waals surface area (Å²) in [4.78, 5) is 5.07. The fraction of sp³-hybridized carbons (Fsp3) is 0.222. The summed E-state index contributed by atoms with van der Waals surface area (Å²) in [6, 6.07) is 9.46. The van der Waals surface area contributed by atoms with Gasteiger partial charge >= 0.3 is 0 Å². The molecule has 3 rings (SSSR count). The molecule has 130 valence electrons. The summed E-state index contributed by atoms with van der Waals surface area (Å²) in [6.45, 7) is 1.90. The zero-order valence-electron chi connectivity index (χ0n) is 14.5. The van der Waals surface area contributed by atoms with Crippen LogP contribution in [0.1, 0.15) is 11.5 Å². The second-order valence-corrected chi connectivity index (χ2v) is 6.03. The van der Waals surface area contributed by atoms with Crippen molar-refractivity contribution >= 4 is 17.6 Å². The third-order valence-corrected chi connectivity index (χ3v) is 4.53. The van der Waals surface area contributed by atoms with Crippen LogP contribution in [0, 0.1) is 6.92 Å². The summed E-state index contributed by atoms with van der Waals surface area (Å²) in [6.07, 6.45) is 1.67. The smallest absolute Gasteiger partial charge is 0.205 e. The van der Waals surface area contributed by atoms with Crippen LogP contribution in [0.3, 0.4) is 0 Å². The van der Waals surface area contributed by atoms with E-state index in [0.717, 1.165) is 27.6 Å². The van der Waals surface area contributed by atoms with Gasteiger partial charge in [-0.3, -0.25) is 4.99 Å². The van der Waals surface area contributed by atoms with Gasteiger partial charge in [0.15, 0.2) is 0 Å². The highest BCUT2D eigenvalue weighted by Gasteiger charge is 2.13. The fourth-order valence-corrected chi connectivity index (χ4v) is 3.19. The van der Waals surface area contributed by atoms with Gasteiger partial charge in [-0.1, -0.05) is 0 Å². The van der Waals surface area contributed by atoms with Crippen molar-refractivity contribution in [2.24, 2.45) is 10.1 Å². The second-order valence-electron chi connectivity index (χ2n) is 5.20. The van der Waals surface area contributed by atoms with Crippen LogP contribution in [0.4, 0.5) is 0 Å². The number of aromatic nitrogens is 1. The van der Waals surface area contributed by atoms with Crippen LogP contribution < -0.4 is 14.3 Å². The van der Waals surface area contributed by atoms with Crippen molar-refractivity contribution in [3.8, 4) is 22.8 Å². The minimum Gasteiger partial charge on any atom is -0.497 e. The Bertz CT molecular complexity index is 966. The molecule has 0 saturated heterocycles. The number of thiazole rings is 1. The monoisotopic (exact) mass is 357 g/mol. The lowest BCUT2D eigenvalue weighted by molar-refractivity contribution is 0.395. The van der Waals surface area contributed by atoms with Crippen LogP contribution >= 0.6 is 11.3 Å². The average molecular weight is 357 g/mol. The Kier molecular flexibility index (Phi) is 5.04. The van der Waals surface area contributed by atoms with E-state index >= 15 is 0 Å². The second kappa shape index (κ2) is 7.40. The van der Waals surface area contributed by atoms with E-state index in [2.05, 4.69) is 10.1 Å². The van der Waals surface area contributed by atoms with Gasteiger partial charge in [0.1, 0.15) is 23.0 Å². The van der Waals surface area contributed by atoms with Gasteiger partial charge in [-0.05, 0) is 31.2 Å². The molecule has 6 nitrogen and oxygen atoms in total. The van der Waals surface area contributed by atoms with Gasteiger partial charge in [0.25, 0.3) is 0 Å². The molecule has 0 saturated carbocycles. The molecule has 0 spiro atoms. The Labute approximate surface area is 149 Å². The Balaban J connectivity index is 2.09. The van der Waals surface area contributed by atoms with E-state index in [-0.39, 0.29) is 0 Å². The number of hydrogen-bond donors (Lipinski definition) is 0. The number of nitrogens with zero attached hydrogens (tertiary/aromatic N) is 3. The molecule has 0 radical (unpaired) electrons. The van der Waals surface area contributed by atoms with Crippen LogP contribution in [0.2, 0.25) is 0 Å². The SMILES string of the molecule is CN=c1scc(-c2ccc(OC)cc2OC)n1/N=C/c1ccc(C)o1. The van der Waals surface area contributed by atoms with Gasteiger partial charge < -0.3 is 13.9 Å². The standard InChI is InChI=1S/C18H19N3O3S/c1-12-5-6-14(24-12)10-20-21-16(11-25-18(21)19-2)15-8-7-13(22-3)9-17(15)23-4/h5-11H,1-4H3/b19-18?,20-10+. The molecule has 0 amide bonds. The highest BCUT2D eigenvalue weighted by molar-refractivity contribution is 7.07. The number of rotatable bonds is 5. The average Bonchev–Trinajstić information content (AvgIpc) is 3.24. The van der Waals surface area contributed by atoms with Crippen LogP contribution in [0.5, 0.6) is 11.5 Å². The first-order valence-electron chi connectivity index (χ1n) is 7.63. The van der Waals surface area contributed by atoms with Gasteiger partial charge in [-0.15, -0.1) is 11.3 Å². The number of ether oxygens (including phenoxy) is 2. The van der Waals surface area contributed by atoms with Crippen molar-refractivity contribution in [3.05, 3.63) is 52.0 Å². The summed E-state index contributed by atoms with van der Waals surface area (Å²) in [5, 5.41) is 6.54. The van der Waals surface area contributed by atoms with Crippen molar-refractivity contribution in [2.75, 3.05) is 21.3 Å². The van der Waals surface area contributed by atoms with Crippen molar-refractivity contribution in [2.45, 2.75) is 6.92 Å². The summed E-state index contributed by atoms with van der Waals surface area (Å²) in [7, 11) is 5.00. The van der Waals surface area contributed by atoms with Crippen LogP contribution in [-0.4, -0.2) is 32.2 Å². The minimum absolute atomic E-state index is 0.686. The van der Waals surface area contributed by atoms with E-state index in [1.54, 1.807) is 32.2 Å². The molecular formula is C18H19N3O3S. The molecule has 0 aliphatic carbocycles. The quantitative estimate of drug-likeness (QED) is 0.656. The van der Waals surface area contributed by atoms with Gasteiger partial charge in [0.05, 0.1) is 26.1 Å². The number of hydrogen-bond acceptors (Lipinski definition) is 6. The van der Waals surface area contributed by atoms with Crippen molar-refractivity contribution < 1.29 is 13.9 Å². The van der Waals surface area contributed by atoms with Crippen LogP contribution in [0.15, 0.2) is 50.2 Å². The Morgan fingerprint density at radius 2 is 2.00 bits per heavy atom. The molecule has 2 heterocycles. The third-order valence-electron chi connectivity index (χ3n) is 3.62. The Hall–Kier alpha value is -2.80. The summed E-state index contributed by atoms with van der Waals surface area (Å²) in [5.41, 5.74) is 1.78. The third kappa shape index (κ3) is 3.51. The molecule has 7 heteroatoms. The Morgan fingerprint density at radius 1 is 1.16 bits per heavy atom. The number of furan rings is 1. The number of aryl methyl sites for hydroxylation is 1. The maximum atomic E-state index is 5.54. The molecule has 1 aromatic carbocycles. The minimum atomic E-state index is 0.686. The first kappa shape index (κ1) is 17.0. The predicted molar refractivity (Wildman–Crippen MR) is 98.8 cm³/mol. The van der Waals surface area contributed by atoms with Gasteiger partial charge in [-0.25, -0.2) is 4.68 Å². The molecule has 0 N–H and O–H groups in total. The van der Waals surface area contributed by atoms with E-state index in [1.165, 1.54) is 11.3 Å². The van der Waals surface area contributed by atoms with Gasteiger partial charge in [-0.2, -0.15) is 5.10 Å². The highest BCUT2D eigenvalue weighted by atomic mass is 32.1. The van der Waals surface area contributed by atoms with Crippen LogP contribution in [0.25, 0.3) is 11.3 Å². The lowest BCUT2D eigenvalue weighted by Gasteiger charge is -2.10. The first-order chi connectivity index (χ1) is 12.2. The summed E-state index contributed by atoms with van der Waals surface area (Å²) in [5.74, 6) is 2.97. The van der Waals surface area contributed by atoms with Crippen molar-refractivity contribution in [1.82, 2.24) is 4.68 Å². The molecule has 2 aromatic heterocycles. The topological polar surface area (TPSA) is 61.2 Å². The summed E-state index contributed by atoms with van der Waals surface area (Å²) >= 11 is 1.51. The lowest BCUT2D eigenvalue weighted by atomic mass is 10.1. The lowest BCUT2D eigenvalue weighted by Crippen LogP contribution is -2.11. The molecule has 0 bridgehead atoms. The van der Waals surface area contributed by atoms with E-state index in [9.17, 15) is 0 Å². The van der Waals surface area contributed by atoms with E-state index in [4.69, 9.17) is 13.9 Å². The molecule has 0 unspecified atom stereocenters. The summed E-state index contributed by atoms with van der Waals surface area (Å²) < 4.78 is 18.1. The predicted octanol–water partition coefficient (Wildman–Crippen LogP) is 3.55. The fourth-order valence-electron chi connectivity index (χ4n) is 2.40. The zero-order chi connectivity index (χ0) is 17.8. The van der Waals surface area contributed by atoms with E-state index in [0.29, 0.717) is 11.5 Å². The molecular weight excluding hydrogens is 338 g/mol. The zero-order valence-corrected chi connectivity index (χ0v) is 15.3. The normalized spacial score (nSPS) is 12.1. The van der Waals surface area contributed by atoms with Gasteiger partial charge in [0.2, 0.25) is 4.80 Å². The molecule has 3 aromatic rings. The van der Waals surface area contributed by atoms with E-state index in [1.807, 2.05) is 42.6 Å². The first-order valence-corrected chi connectivity index (χ1v) is 8.50. The molecule has 25 heavy (non-hydrogen) atoms. The Morgan fingerprint density at radius 3 is 2.64 bits per heavy atom. The van der Waals surface area contributed by atoms with Gasteiger partial charge in [0, 0.05) is 24.1 Å². The molecule has 0 fully saturated rings. The van der Waals surface area contributed by atoms with E-state index < -0.39 is 0 Å². The molecule has 0 aliphatic rings. The maximum Gasteiger partial charge on any atom is 0.205 e. The number of benzene rings is 1. The highest BCUT2D eigenvalue weighted by Crippen LogP contribution is 2.33. The largest absolute Gasteiger partial charge is 0.497 e. The van der Waals surface area contributed by atoms with Crippen LogP contribution in [-0.2, 0) is 0 Å². The molecule has 0 aliphatic heterocycles. The van der Waals surface area contributed by atoms with Crippen molar-refractivity contribution in [3.63, 3.8) is 0 Å². The number of methoxy groups -OCH3 is 2. The molecule has 0 atom stereocenters.